The monoisotopic (exact) mass is 274 g/mol. The molecule has 1 fully saturated rings. The molecule has 0 bridgehead atoms. The normalized spacial score (nSPS) is 15.4. The van der Waals surface area contributed by atoms with Crippen LogP contribution in [0.4, 0.5) is 0 Å². The fourth-order valence-electron chi connectivity index (χ4n) is 2.66. The topological polar surface area (TPSA) is 70.5 Å². The number of hydrogen-bond acceptors (Lipinski definition) is 3. The maximum Gasteiger partial charge on any atom is 0.272 e. The minimum atomic E-state index is -0.0996. The number of aromatic amines is 1. The third-order valence-corrected chi connectivity index (χ3v) is 3.82. The van der Waals surface area contributed by atoms with Crippen molar-refractivity contribution in [1.82, 2.24) is 19.5 Å². The molecule has 3 heterocycles. The van der Waals surface area contributed by atoms with Crippen LogP contribution in [-0.2, 0) is 17.6 Å². The Kier molecular flexibility index (Phi) is 3.30. The molecule has 1 N–H and O–H groups in total. The second-order valence-corrected chi connectivity index (χ2v) is 5.13. The highest BCUT2D eigenvalue weighted by atomic mass is 16.2. The Labute approximate surface area is 116 Å². The van der Waals surface area contributed by atoms with E-state index >= 15 is 0 Å². The van der Waals surface area contributed by atoms with Gasteiger partial charge in [0.15, 0.2) is 5.65 Å². The Hall–Kier alpha value is -2.11. The van der Waals surface area contributed by atoms with Crippen molar-refractivity contribution in [1.29, 1.82) is 0 Å². The summed E-state index contributed by atoms with van der Waals surface area (Å²) in [5.41, 5.74) is 2.38. The number of aromatic nitrogens is 3. The number of H-pyrrole nitrogens is 1. The molecule has 1 aliphatic rings. The van der Waals surface area contributed by atoms with Gasteiger partial charge in [-0.25, -0.2) is 9.50 Å². The van der Waals surface area contributed by atoms with Crippen LogP contribution in [0, 0.1) is 0 Å². The summed E-state index contributed by atoms with van der Waals surface area (Å²) < 4.78 is 1.46. The molecule has 0 aliphatic carbocycles. The third kappa shape index (κ3) is 2.21. The van der Waals surface area contributed by atoms with Crippen molar-refractivity contribution in [3.63, 3.8) is 0 Å². The van der Waals surface area contributed by atoms with E-state index in [4.69, 9.17) is 0 Å². The van der Waals surface area contributed by atoms with Crippen LogP contribution < -0.4 is 5.56 Å². The number of likely N-dealkylation sites (tertiary alicyclic amines) is 1. The lowest BCUT2D eigenvalue weighted by Gasteiger charge is -2.14. The van der Waals surface area contributed by atoms with Gasteiger partial charge < -0.3 is 4.90 Å². The summed E-state index contributed by atoms with van der Waals surface area (Å²) in [6.45, 7) is 3.50. The number of rotatable bonds is 4. The van der Waals surface area contributed by atoms with E-state index < -0.39 is 0 Å². The molecule has 0 atom stereocenters. The van der Waals surface area contributed by atoms with Crippen LogP contribution in [0.3, 0.4) is 0 Å². The zero-order chi connectivity index (χ0) is 14.1. The molecule has 106 valence electrons. The number of nitrogens with zero attached hydrogens (tertiary/aromatic N) is 3. The first-order valence-corrected chi connectivity index (χ1v) is 7.05. The fourth-order valence-corrected chi connectivity index (χ4v) is 2.66. The molecule has 2 aromatic heterocycles. The Balaban J connectivity index is 1.84. The van der Waals surface area contributed by atoms with Crippen LogP contribution in [-0.4, -0.2) is 38.5 Å². The molecule has 0 aromatic carbocycles. The van der Waals surface area contributed by atoms with E-state index in [1.165, 1.54) is 4.52 Å². The second-order valence-electron chi connectivity index (χ2n) is 5.13. The minimum absolute atomic E-state index is 0.0996. The van der Waals surface area contributed by atoms with Gasteiger partial charge in [0.1, 0.15) is 0 Å². The summed E-state index contributed by atoms with van der Waals surface area (Å²) in [5.74, 6) is 0.207. The van der Waals surface area contributed by atoms with Crippen LogP contribution in [0.1, 0.15) is 31.0 Å². The molecule has 3 rings (SSSR count). The summed E-state index contributed by atoms with van der Waals surface area (Å²) in [6.07, 6.45) is 4.86. The van der Waals surface area contributed by atoms with Crippen molar-refractivity contribution in [3.05, 3.63) is 33.9 Å². The lowest BCUT2D eigenvalue weighted by atomic mass is 10.2. The van der Waals surface area contributed by atoms with Crippen molar-refractivity contribution < 1.29 is 4.79 Å². The predicted octanol–water partition coefficient (Wildman–Crippen LogP) is 0.750. The average molecular weight is 274 g/mol. The number of aryl methyl sites for hydroxylation is 1. The Morgan fingerprint density at radius 1 is 1.40 bits per heavy atom. The van der Waals surface area contributed by atoms with Gasteiger partial charge in [-0.1, -0.05) is 6.92 Å². The molecule has 1 amide bonds. The molecule has 2 aromatic rings. The van der Waals surface area contributed by atoms with E-state index in [9.17, 15) is 9.59 Å². The van der Waals surface area contributed by atoms with E-state index in [2.05, 4.69) is 10.1 Å². The molecule has 0 radical (unpaired) electrons. The summed E-state index contributed by atoms with van der Waals surface area (Å²) in [4.78, 5) is 30.0. The maximum atomic E-state index is 12.0. The van der Waals surface area contributed by atoms with Crippen molar-refractivity contribution in [2.45, 2.75) is 32.6 Å². The largest absolute Gasteiger partial charge is 0.342 e. The van der Waals surface area contributed by atoms with E-state index in [0.29, 0.717) is 25.0 Å². The highest BCUT2D eigenvalue weighted by Crippen LogP contribution is 2.11. The molecule has 6 heteroatoms. The molecule has 0 spiro atoms. The van der Waals surface area contributed by atoms with E-state index in [0.717, 1.165) is 30.6 Å². The van der Waals surface area contributed by atoms with Gasteiger partial charge in [0.2, 0.25) is 5.91 Å². The lowest BCUT2D eigenvalue weighted by Crippen LogP contribution is -2.27. The van der Waals surface area contributed by atoms with Crippen LogP contribution in [0.2, 0.25) is 0 Å². The zero-order valence-corrected chi connectivity index (χ0v) is 11.6. The lowest BCUT2D eigenvalue weighted by molar-refractivity contribution is -0.127. The maximum absolute atomic E-state index is 12.0. The molecule has 0 saturated carbocycles. The van der Waals surface area contributed by atoms with Gasteiger partial charge in [-0.3, -0.25) is 14.7 Å². The number of nitrogens with one attached hydrogen (secondary N) is 1. The van der Waals surface area contributed by atoms with Gasteiger partial charge in [0, 0.05) is 43.8 Å². The van der Waals surface area contributed by atoms with Crippen LogP contribution >= 0.6 is 0 Å². The first-order chi connectivity index (χ1) is 9.69. The summed E-state index contributed by atoms with van der Waals surface area (Å²) in [7, 11) is 0. The zero-order valence-electron chi connectivity index (χ0n) is 11.6. The molecule has 0 unspecified atom stereocenters. The third-order valence-electron chi connectivity index (χ3n) is 3.82. The minimum Gasteiger partial charge on any atom is -0.342 e. The standard InChI is InChI=1S/C14H18N4O2/c1-2-10-9-15-18-13(20)8-11(16-14(10)18)5-7-17-6-3-4-12(17)19/h8-9,15H,2-7H2,1H3. The number of amides is 1. The number of carbonyl (C=O) groups excluding carboxylic acids is 1. The number of hydrogen-bond donors (Lipinski definition) is 1. The molecular weight excluding hydrogens is 256 g/mol. The smallest absolute Gasteiger partial charge is 0.272 e. The highest BCUT2D eigenvalue weighted by molar-refractivity contribution is 5.78. The molecule has 6 nitrogen and oxygen atoms in total. The van der Waals surface area contributed by atoms with Crippen LogP contribution in [0.25, 0.3) is 5.65 Å². The molecular formula is C14H18N4O2. The van der Waals surface area contributed by atoms with Gasteiger partial charge in [-0.15, -0.1) is 0 Å². The second kappa shape index (κ2) is 5.11. The summed E-state index contributed by atoms with van der Waals surface area (Å²) in [5, 5.41) is 2.92. The van der Waals surface area contributed by atoms with Crippen molar-refractivity contribution in [2.75, 3.05) is 13.1 Å². The predicted molar refractivity (Wildman–Crippen MR) is 74.7 cm³/mol. The van der Waals surface area contributed by atoms with Crippen molar-refractivity contribution in [2.24, 2.45) is 0 Å². The van der Waals surface area contributed by atoms with Gasteiger partial charge in [-0.2, -0.15) is 0 Å². The quantitative estimate of drug-likeness (QED) is 0.894. The molecule has 20 heavy (non-hydrogen) atoms. The Morgan fingerprint density at radius 2 is 2.25 bits per heavy atom. The van der Waals surface area contributed by atoms with Crippen LogP contribution in [0.5, 0.6) is 0 Å². The number of fused-ring (bicyclic) bond motifs is 1. The van der Waals surface area contributed by atoms with E-state index in [1.54, 1.807) is 6.07 Å². The number of carbonyl (C=O) groups is 1. The van der Waals surface area contributed by atoms with E-state index in [1.807, 2.05) is 18.0 Å². The van der Waals surface area contributed by atoms with Crippen molar-refractivity contribution >= 4 is 11.6 Å². The van der Waals surface area contributed by atoms with Crippen LogP contribution in [0.15, 0.2) is 17.1 Å². The summed E-state index contributed by atoms with van der Waals surface area (Å²) >= 11 is 0. The first kappa shape index (κ1) is 12.9. The average Bonchev–Trinajstić information content (AvgIpc) is 3.02. The first-order valence-electron chi connectivity index (χ1n) is 7.05. The van der Waals surface area contributed by atoms with Gasteiger partial charge in [-0.05, 0) is 12.8 Å². The van der Waals surface area contributed by atoms with Gasteiger partial charge >= 0.3 is 0 Å². The Morgan fingerprint density at radius 3 is 2.95 bits per heavy atom. The SMILES string of the molecule is CCc1c[nH]n2c(=O)cc(CCN3CCCC3=O)nc12. The highest BCUT2D eigenvalue weighted by Gasteiger charge is 2.19. The Bertz CT molecular complexity index is 701. The van der Waals surface area contributed by atoms with Gasteiger partial charge in [0.05, 0.1) is 5.69 Å². The molecule has 1 aliphatic heterocycles. The fraction of sp³-hybridized carbons (Fsp3) is 0.500. The molecule has 1 saturated heterocycles. The van der Waals surface area contributed by atoms with E-state index in [-0.39, 0.29) is 11.5 Å². The van der Waals surface area contributed by atoms with Gasteiger partial charge in [0.25, 0.3) is 5.56 Å². The van der Waals surface area contributed by atoms with Crippen molar-refractivity contribution in [3.8, 4) is 0 Å². The summed E-state index contributed by atoms with van der Waals surface area (Å²) in [6, 6.07) is 1.55.